The smallest absolute Gasteiger partial charge is 0.255 e. The van der Waals surface area contributed by atoms with Crippen LogP contribution in [-0.2, 0) is 11.8 Å². The molecular weight excluding hydrogens is 449 g/mol. The van der Waals surface area contributed by atoms with E-state index in [1.807, 2.05) is 48.5 Å². The van der Waals surface area contributed by atoms with Crippen LogP contribution in [0, 0.1) is 3.57 Å². The monoisotopic (exact) mass is 469 g/mol. The molecule has 3 nitrogen and oxygen atoms in total. The highest BCUT2D eigenvalue weighted by molar-refractivity contribution is 14.1. The minimum atomic E-state index is -0.123. The highest BCUT2D eigenvalue weighted by Gasteiger charge is 2.36. The molecule has 1 amide bonds. The fourth-order valence-corrected chi connectivity index (χ4v) is 4.07. The Hall–Kier alpha value is -2.34. The SMILES string of the molecule is CC1(Cc2ccccc2)COc2cc(C(=O)Nc3ccccc3I)ccc21. The standard InChI is InChI=1S/C23H20INO2/c1-23(14-16-7-3-2-4-8-16)15-27-21-13-17(11-12-18(21)23)22(26)25-20-10-6-5-9-19(20)24/h2-13H,14-15H2,1H3,(H,25,26). The predicted octanol–water partition coefficient (Wildman–Crippen LogP) is 5.44. The minimum Gasteiger partial charge on any atom is -0.492 e. The van der Waals surface area contributed by atoms with Crippen molar-refractivity contribution < 1.29 is 9.53 Å². The van der Waals surface area contributed by atoms with E-state index in [2.05, 4.69) is 59.1 Å². The largest absolute Gasteiger partial charge is 0.492 e. The molecule has 0 fully saturated rings. The summed E-state index contributed by atoms with van der Waals surface area (Å²) in [6.07, 6.45) is 0.911. The van der Waals surface area contributed by atoms with Gasteiger partial charge in [0.25, 0.3) is 5.91 Å². The average molecular weight is 469 g/mol. The summed E-state index contributed by atoms with van der Waals surface area (Å²) in [4.78, 5) is 12.6. The van der Waals surface area contributed by atoms with E-state index < -0.39 is 0 Å². The van der Waals surface area contributed by atoms with E-state index in [0.717, 1.165) is 27.0 Å². The van der Waals surface area contributed by atoms with Crippen molar-refractivity contribution in [1.82, 2.24) is 0 Å². The molecule has 0 spiro atoms. The lowest BCUT2D eigenvalue weighted by Gasteiger charge is -2.22. The molecule has 4 rings (SSSR count). The Bertz CT molecular complexity index is 987. The molecule has 1 N–H and O–H groups in total. The maximum absolute atomic E-state index is 12.6. The number of hydrogen-bond donors (Lipinski definition) is 1. The Balaban J connectivity index is 1.56. The first-order chi connectivity index (χ1) is 13.0. The van der Waals surface area contributed by atoms with Crippen molar-refractivity contribution in [3.63, 3.8) is 0 Å². The number of ether oxygens (including phenoxy) is 1. The summed E-state index contributed by atoms with van der Waals surface area (Å²) in [5.41, 5.74) is 3.80. The first-order valence-corrected chi connectivity index (χ1v) is 10.0. The molecule has 136 valence electrons. The van der Waals surface area contributed by atoms with Crippen molar-refractivity contribution >= 4 is 34.2 Å². The second-order valence-corrected chi connectivity index (χ2v) is 8.32. The van der Waals surface area contributed by atoms with E-state index in [1.54, 1.807) is 0 Å². The van der Waals surface area contributed by atoms with E-state index in [0.29, 0.717) is 12.2 Å². The topological polar surface area (TPSA) is 38.3 Å². The van der Waals surface area contributed by atoms with Crippen molar-refractivity contribution in [2.45, 2.75) is 18.8 Å². The molecule has 1 heterocycles. The molecule has 0 saturated carbocycles. The van der Waals surface area contributed by atoms with E-state index >= 15 is 0 Å². The molecule has 1 atom stereocenters. The van der Waals surface area contributed by atoms with Crippen molar-refractivity contribution in [3.8, 4) is 5.75 Å². The first-order valence-electron chi connectivity index (χ1n) is 8.92. The number of fused-ring (bicyclic) bond motifs is 1. The Morgan fingerprint density at radius 3 is 2.59 bits per heavy atom. The van der Waals surface area contributed by atoms with Crippen molar-refractivity contribution in [2.24, 2.45) is 0 Å². The van der Waals surface area contributed by atoms with E-state index in [1.165, 1.54) is 5.56 Å². The fourth-order valence-electron chi connectivity index (χ4n) is 3.55. The van der Waals surface area contributed by atoms with Gasteiger partial charge in [-0.2, -0.15) is 0 Å². The minimum absolute atomic E-state index is 0.0828. The summed E-state index contributed by atoms with van der Waals surface area (Å²) < 4.78 is 6.98. The van der Waals surface area contributed by atoms with Crippen molar-refractivity contribution in [2.75, 3.05) is 11.9 Å². The average Bonchev–Trinajstić information content (AvgIpc) is 3.00. The van der Waals surface area contributed by atoms with Gasteiger partial charge in [-0.3, -0.25) is 4.79 Å². The number of rotatable bonds is 4. The van der Waals surface area contributed by atoms with Crippen molar-refractivity contribution in [3.05, 3.63) is 93.1 Å². The normalized spacial score (nSPS) is 17.9. The molecule has 0 bridgehead atoms. The summed E-state index contributed by atoms with van der Waals surface area (Å²) in [6, 6.07) is 24.0. The number of para-hydroxylation sites is 1. The molecule has 1 aliphatic rings. The number of halogens is 1. The number of benzene rings is 3. The zero-order chi connectivity index (χ0) is 18.9. The van der Waals surface area contributed by atoms with E-state index in [4.69, 9.17) is 4.74 Å². The number of nitrogens with one attached hydrogen (secondary N) is 1. The molecule has 0 radical (unpaired) electrons. The van der Waals surface area contributed by atoms with Crippen LogP contribution < -0.4 is 10.1 Å². The van der Waals surface area contributed by atoms with Gasteiger partial charge in [0.1, 0.15) is 5.75 Å². The van der Waals surface area contributed by atoms with Crippen LogP contribution in [0.3, 0.4) is 0 Å². The van der Waals surface area contributed by atoms with E-state index in [9.17, 15) is 4.79 Å². The molecule has 0 saturated heterocycles. The Kier molecular flexibility index (Phi) is 4.91. The third kappa shape index (κ3) is 3.72. The number of amides is 1. The number of carbonyl (C=O) groups is 1. The van der Waals surface area contributed by atoms with E-state index in [-0.39, 0.29) is 11.3 Å². The zero-order valence-electron chi connectivity index (χ0n) is 15.0. The van der Waals surface area contributed by atoms with Gasteiger partial charge in [-0.05, 0) is 58.8 Å². The van der Waals surface area contributed by atoms with Gasteiger partial charge in [0.15, 0.2) is 0 Å². The first kappa shape index (κ1) is 18.0. The van der Waals surface area contributed by atoms with Crippen LogP contribution in [-0.4, -0.2) is 12.5 Å². The fraction of sp³-hybridized carbons (Fsp3) is 0.174. The highest BCUT2D eigenvalue weighted by atomic mass is 127. The number of hydrogen-bond acceptors (Lipinski definition) is 2. The van der Waals surface area contributed by atoms with Gasteiger partial charge in [-0.25, -0.2) is 0 Å². The molecule has 1 aliphatic heterocycles. The molecule has 0 aliphatic carbocycles. The van der Waals surface area contributed by atoms with Crippen LogP contribution in [0.5, 0.6) is 5.75 Å². The lowest BCUT2D eigenvalue weighted by molar-refractivity contribution is 0.102. The second-order valence-electron chi connectivity index (χ2n) is 7.16. The molecular formula is C23H20INO2. The third-order valence-electron chi connectivity index (χ3n) is 5.00. The van der Waals surface area contributed by atoms with Gasteiger partial charge < -0.3 is 10.1 Å². The maximum atomic E-state index is 12.6. The maximum Gasteiger partial charge on any atom is 0.255 e. The molecule has 3 aromatic carbocycles. The van der Waals surface area contributed by atoms with Gasteiger partial charge in [0.05, 0.1) is 12.3 Å². The predicted molar refractivity (Wildman–Crippen MR) is 117 cm³/mol. The Labute approximate surface area is 172 Å². The number of anilines is 1. The lowest BCUT2D eigenvalue weighted by atomic mass is 9.79. The van der Waals surface area contributed by atoms with Gasteiger partial charge in [-0.15, -0.1) is 0 Å². The summed E-state index contributed by atoms with van der Waals surface area (Å²) in [7, 11) is 0. The van der Waals surface area contributed by atoms with Gasteiger partial charge in [0.2, 0.25) is 0 Å². The molecule has 0 aromatic heterocycles. The van der Waals surface area contributed by atoms with Crippen LogP contribution >= 0.6 is 22.6 Å². The van der Waals surface area contributed by atoms with Crippen LogP contribution in [0.4, 0.5) is 5.69 Å². The zero-order valence-corrected chi connectivity index (χ0v) is 17.2. The highest BCUT2D eigenvalue weighted by Crippen LogP contribution is 2.41. The lowest BCUT2D eigenvalue weighted by Crippen LogP contribution is -2.26. The van der Waals surface area contributed by atoms with Gasteiger partial charge >= 0.3 is 0 Å². The Morgan fingerprint density at radius 2 is 1.81 bits per heavy atom. The van der Waals surface area contributed by atoms with Crippen molar-refractivity contribution in [1.29, 1.82) is 0 Å². The summed E-state index contributed by atoms with van der Waals surface area (Å²) >= 11 is 2.22. The molecule has 3 aromatic rings. The second kappa shape index (κ2) is 7.35. The van der Waals surface area contributed by atoms with Gasteiger partial charge in [0, 0.05) is 20.1 Å². The van der Waals surface area contributed by atoms with Crippen LogP contribution in [0.25, 0.3) is 0 Å². The summed E-state index contributed by atoms with van der Waals surface area (Å²) in [5.74, 6) is 0.686. The van der Waals surface area contributed by atoms with Gasteiger partial charge in [-0.1, -0.05) is 55.5 Å². The quantitative estimate of drug-likeness (QED) is 0.518. The molecule has 27 heavy (non-hydrogen) atoms. The molecule has 4 heteroatoms. The summed E-state index contributed by atoms with van der Waals surface area (Å²) in [6.45, 7) is 2.84. The van der Waals surface area contributed by atoms with Crippen LogP contribution in [0.1, 0.15) is 28.4 Å². The molecule has 1 unspecified atom stereocenters. The van der Waals surface area contributed by atoms with Crippen LogP contribution in [0.15, 0.2) is 72.8 Å². The van der Waals surface area contributed by atoms with Crippen LogP contribution in [0.2, 0.25) is 0 Å². The number of carbonyl (C=O) groups excluding carboxylic acids is 1. The third-order valence-corrected chi connectivity index (χ3v) is 5.94. The summed E-state index contributed by atoms with van der Waals surface area (Å²) in [5, 5.41) is 2.98. The Morgan fingerprint density at radius 1 is 1.07 bits per heavy atom.